The van der Waals surface area contributed by atoms with Gasteiger partial charge in [0.1, 0.15) is 5.54 Å². The number of carboxylic acids is 1. The van der Waals surface area contributed by atoms with Crippen molar-refractivity contribution in [1.82, 2.24) is 5.32 Å². The molecule has 1 aromatic carbocycles. The van der Waals surface area contributed by atoms with E-state index < -0.39 is 22.3 Å². The van der Waals surface area contributed by atoms with Crippen molar-refractivity contribution in [1.29, 1.82) is 0 Å². The average molecular weight is 294 g/mol. The van der Waals surface area contributed by atoms with Crippen molar-refractivity contribution >= 4 is 17.6 Å². The molecule has 7 heteroatoms. The number of carboxylic acid groups (broad SMARTS) is 1. The summed E-state index contributed by atoms with van der Waals surface area (Å²) in [5.74, 6) is -1.67. The van der Waals surface area contributed by atoms with Crippen LogP contribution in [0.2, 0.25) is 0 Å². The Labute approximate surface area is 122 Å². The number of carbonyl (C=O) groups excluding carboxylic acids is 1. The Morgan fingerprint density at radius 1 is 1.43 bits per heavy atom. The molecule has 1 amide bonds. The van der Waals surface area contributed by atoms with Crippen LogP contribution in [-0.4, -0.2) is 27.4 Å². The summed E-state index contributed by atoms with van der Waals surface area (Å²) in [6.45, 7) is 4.84. The quantitative estimate of drug-likeness (QED) is 0.617. The zero-order chi connectivity index (χ0) is 16.2. The normalized spacial score (nSPS) is 13.3. The first-order chi connectivity index (χ1) is 9.71. The Bertz CT molecular complexity index is 585. The van der Waals surface area contributed by atoms with Gasteiger partial charge >= 0.3 is 5.97 Å². The van der Waals surface area contributed by atoms with Crippen LogP contribution in [0.4, 0.5) is 5.69 Å². The lowest BCUT2D eigenvalue weighted by Gasteiger charge is -2.26. The van der Waals surface area contributed by atoms with Crippen molar-refractivity contribution in [2.24, 2.45) is 0 Å². The second-order valence-corrected chi connectivity index (χ2v) is 5.10. The maximum Gasteiger partial charge on any atom is 0.329 e. The molecule has 1 rings (SSSR count). The molecular weight excluding hydrogens is 276 g/mol. The Balaban J connectivity index is 3.04. The molecule has 0 aliphatic carbocycles. The van der Waals surface area contributed by atoms with E-state index in [1.807, 2.05) is 6.92 Å². The first kappa shape index (κ1) is 16.6. The minimum atomic E-state index is -1.36. The highest BCUT2D eigenvalue weighted by molar-refractivity contribution is 5.99. The highest BCUT2D eigenvalue weighted by Gasteiger charge is 2.34. The number of rotatable bonds is 6. The van der Waals surface area contributed by atoms with Gasteiger partial charge < -0.3 is 10.4 Å². The van der Waals surface area contributed by atoms with Crippen LogP contribution < -0.4 is 5.32 Å². The van der Waals surface area contributed by atoms with Gasteiger partial charge in [-0.05, 0) is 31.9 Å². The standard InChI is InChI=1S/C14H18N2O5/c1-4-7-14(3,13(18)19)15-12(17)11-6-5-10(16(20)21)8-9(11)2/h5-6,8H,4,7H2,1-3H3,(H,15,17)(H,18,19). The van der Waals surface area contributed by atoms with Crippen LogP contribution in [0, 0.1) is 17.0 Å². The number of aliphatic carboxylic acids is 1. The van der Waals surface area contributed by atoms with E-state index in [9.17, 15) is 24.8 Å². The maximum absolute atomic E-state index is 12.2. The van der Waals surface area contributed by atoms with Crippen molar-refractivity contribution in [3.63, 3.8) is 0 Å². The summed E-state index contributed by atoms with van der Waals surface area (Å²) in [5, 5.41) is 22.4. The summed E-state index contributed by atoms with van der Waals surface area (Å²) in [7, 11) is 0. The number of carbonyl (C=O) groups is 2. The van der Waals surface area contributed by atoms with Gasteiger partial charge in [0.25, 0.3) is 11.6 Å². The van der Waals surface area contributed by atoms with Gasteiger partial charge in [0.05, 0.1) is 4.92 Å². The molecule has 0 saturated carbocycles. The van der Waals surface area contributed by atoms with Gasteiger partial charge in [0, 0.05) is 17.7 Å². The van der Waals surface area contributed by atoms with Gasteiger partial charge in [-0.2, -0.15) is 0 Å². The van der Waals surface area contributed by atoms with Gasteiger partial charge in [-0.1, -0.05) is 13.3 Å². The zero-order valence-electron chi connectivity index (χ0n) is 12.2. The number of non-ortho nitro benzene ring substituents is 1. The molecule has 0 spiro atoms. The molecule has 1 aromatic rings. The third-order valence-corrected chi connectivity index (χ3v) is 3.28. The first-order valence-corrected chi connectivity index (χ1v) is 6.52. The largest absolute Gasteiger partial charge is 0.480 e. The van der Waals surface area contributed by atoms with Crippen LogP contribution in [-0.2, 0) is 4.79 Å². The number of nitrogens with one attached hydrogen (secondary N) is 1. The molecule has 1 unspecified atom stereocenters. The van der Waals surface area contributed by atoms with E-state index in [1.54, 1.807) is 6.92 Å². The fourth-order valence-electron chi connectivity index (χ4n) is 2.06. The fraction of sp³-hybridized carbons (Fsp3) is 0.429. The Hall–Kier alpha value is -2.44. The Kier molecular flexibility index (Phi) is 5.02. The number of nitro groups is 1. The molecule has 0 aliphatic rings. The number of nitrogens with zero attached hydrogens (tertiary/aromatic N) is 1. The van der Waals surface area contributed by atoms with Gasteiger partial charge in [0.15, 0.2) is 0 Å². The minimum Gasteiger partial charge on any atom is -0.480 e. The van der Waals surface area contributed by atoms with Crippen molar-refractivity contribution in [2.45, 2.75) is 39.2 Å². The average Bonchev–Trinajstić information content (AvgIpc) is 2.38. The number of aryl methyl sites for hydroxylation is 1. The van der Waals surface area contributed by atoms with E-state index in [2.05, 4.69) is 5.32 Å². The lowest BCUT2D eigenvalue weighted by Crippen LogP contribution is -2.52. The number of hydrogen-bond acceptors (Lipinski definition) is 4. The van der Waals surface area contributed by atoms with Crippen molar-refractivity contribution in [2.75, 3.05) is 0 Å². The monoisotopic (exact) mass is 294 g/mol. The van der Waals surface area contributed by atoms with E-state index >= 15 is 0 Å². The van der Waals surface area contributed by atoms with Crippen LogP contribution in [0.1, 0.15) is 42.6 Å². The minimum absolute atomic E-state index is 0.112. The van der Waals surface area contributed by atoms with Crippen LogP contribution in [0.15, 0.2) is 18.2 Å². The van der Waals surface area contributed by atoms with Crippen LogP contribution >= 0.6 is 0 Å². The molecule has 0 heterocycles. The summed E-state index contributed by atoms with van der Waals surface area (Å²) in [5.41, 5.74) is -0.825. The maximum atomic E-state index is 12.2. The Morgan fingerprint density at radius 3 is 2.48 bits per heavy atom. The van der Waals surface area contributed by atoms with Crippen LogP contribution in [0.25, 0.3) is 0 Å². The number of nitro benzene ring substituents is 1. The van der Waals surface area contributed by atoms with Crippen molar-refractivity contribution in [3.05, 3.63) is 39.4 Å². The van der Waals surface area contributed by atoms with Gasteiger partial charge in [-0.15, -0.1) is 0 Å². The van der Waals surface area contributed by atoms with E-state index in [1.165, 1.54) is 25.1 Å². The van der Waals surface area contributed by atoms with E-state index in [0.29, 0.717) is 18.4 Å². The molecule has 0 fully saturated rings. The fourth-order valence-corrected chi connectivity index (χ4v) is 2.06. The zero-order valence-corrected chi connectivity index (χ0v) is 12.2. The number of hydrogen-bond donors (Lipinski definition) is 2. The molecule has 7 nitrogen and oxygen atoms in total. The molecule has 0 aliphatic heterocycles. The molecule has 0 bridgehead atoms. The summed E-state index contributed by atoms with van der Waals surface area (Å²) >= 11 is 0. The third kappa shape index (κ3) is 3.77. The summed E-state index contributed by atoms with van der Waals surface area (Å²) in [4.78, 5) is 33.6. The smallest absolute Gasteiger partial charge is 0.329 e. The molecule has 0 radical (unpaired) electrons. The number of amides is 1. The summed E-state index contributed by atoms with van der Waals surface area (Å²) < 4.78 is 0. The van der Waals surface area contributed by atoms with Gasteiger partial charge in [-0.3, -0.25) is 14.9 Å². The number of benzene rings is 1. The van der Waals surface area contributed by atoms with Gasteiger partial charge in [-0.25, -0.2) is 4.79 Å². The second kappa shape index (κ2) is 6.34. The molecule has 0 saturated heterocycles. The van der Waals surface area contributed by atoms with Crippen LogP contribution in [0.3, 0.4) is 0 Å². The summed E-state index contributed by atoms with van der Waals surface area (Å²) in [6.07, 6.45) is 0.891. The van der Waals surface area contributed by atoms with E-state index in [0.717, 1.165) is 0 Å². The molecule has 2 N–H and O–H groups in total. The predicted molar refractivity (Wildman–Crippen MR) is 76.2 cm³/mol. The highest BCUT2D eigenvalue weighted by atomic mass is 16.6. The van der Waals surface area contributed by atoms with Crippen molar-refractivity contribution in [3.8, 4) is 0 Å². The lowest BCUT2D eigenvalue weighted by molar-refractivity contribution is -0.384. The highest BCUT2D eigenvalue weighted by Crippen LogP contribution is 2.19. The second-order valence-electron chi connectivity index (χ2n) is 5.10. The molecule has 0 aromatic heterocycles. The Morgan fingerprint density at radius 2 is 2.05 bits per heavy atom. The first-order valence-electron chi connectivity index (χ1n) is 6.52. The van der Waals surface area contributed by atoms with Crippen LogP contribution in [0.5, 0.6) is 0 Å². The molecule has 21 heavy (non-hydrogen) atoms. The SMILES string of the molecule is CCCC(C)(NC(=O)c1ccc([N+](=O)[O-])cc1C)C(=O)O. The predicted octanol–water partition coefficient (Wildman–Crippen LogP) is 2.28. The van der Waals surface area contributed by atoms with E-state index in [4.69, 9.17) is 0 Å². The van der Waals surface area contributed by atoms with Gasteiger partial charge in [0.2, 0.25) is 0 Å². The van der Waals surface area contributed by atoms with E-state index in [-0.39, 0.29) is 11.3 Å². The lowest BCUT2D eigenvalue weighted by atomic mass is 9.95. The summed E-state index contributed by atoms with van der Waals surface area (Å²) in [6, 6.07) is 3.84. The molecule has 1 atom stereocenters. The molecule has 114 valence electrons. The molecular formula is C14H18N2O5. The van der Waals surface area contributed by atoms with Crippen molar-refractivity contribution < 1.29 is 19.6 Å². The topological polar surface area (TPSA) is 110 Å². The third-order valence-electron chi connectivity index (χ3n) is 3.28.